The van der Waals surface area contributed by atoms with Gasteiger partial charge in [0, 0.05) is 17.4 Å². The summed E-state index contributed by atoms with van der Waals surface area (Å²) in [5, 5.41) is 11.8. The van der Waals surface area contributed by atoms with Crippen LogP contribution in [0.4, 0.5) is 0 Å². The standard InChI is InChI=1S/C24H32O5S/c1-5-7-13-24(6-2)16-30(26,27)21-15-20(29-4)19(28-3)14-18(21)22(23(24)25)17-11-9-8-10-12-17/h8-12,14-15,22-23,25H,5-7,13,16H2,1-4H3/t22-,23?,24-/m1/s1. The summed E-state index contributed by atoms with van der Waals surface area (Å²) in [7, 11) is -0.632. The van der Waals surface area contributed by atoms with Crippen molar-refractivity contribution in [2.75, 3.05) is 20.0 Å². The van der Waals surface area contributed by atoms with Gasteiger partial charge in [0.05, 0.1) is 31.0 Å². The van der Waals surface area contributed by atoms with E-state index in [9.17, 15) is 13.5 Å². The zero-order chi connectivity index (χ0) is 21.9. The summed E-state index contributed by atoms with van der Waals surface area (Å²) < 4.78 is 38.1. The highest BCUT2D eigenvalue weighted by atomic mass is 32.2. The molecule has 5 nitrogen and oxygen atoms in total. The minimum Gasteiger partial charge on any atom is -0.493 e. The Balaban J connectivity index is 2.34. The van der Waals surface area contributed by atoms with Gasteiger partial charge in [-0.1, -0.05) is 57.0 Å². The Morgan fingerprint density at radius 3 is 2.27 bits per heavy atom. The number of rotatable bonds is 7. The van der Waals surface area contributed by atoms with Gasteiger partial charge in [-0.3, -0.25) is 0 Å². The third-order valence-corrected chi connectivity index (χ3v) is 8.48. The van der Waals surface area contributed by atoms with Crippen LogP contribution in [0, 0.1) is 5.41 Å². The summed E-state index contributed by atoms with van der Waals surface area (Å²) in [5.74, 6) is 0.273. The normalized spacial score (nSPS) is 25.2. The van der Waals surface area contributed by atoms with Crippen LogP contribution in [0.2, 0.25) is 0 Å². The van der Waals surface area contributed by atoms with Crippen LogP contribution in [0.15, 0.2) is 47.4 Å². The van der Waals surface area contributed by atoms with E-state index in [1.54, 1.807) is 12.1 Å². The van der Waals surface area contributed by atoms with Gasteiger partial charge in [-0.05, 0) is 30.0 Å². The van der Waals surface area contributed by atoms with Crippen LogP contribution in [0.1, 0.15) is 56.6 Å². The molecule has 0 radical (unpaired) electrons. The predicted molar refractivity (Wildman–Crippen MR) is 118 cm³/mol. The smallest absolute Gasteiger partial charge is 0.179 e. The topological polar surface area (TPSA) is 72.8 Å². The Labute approximate surface area is 180 Å². The molecule has 164 valence electrons. The van der Waals surface area contributed by atoms with E-state index in [1.807, 2.05) is 37.3 Å². The van der Waals surface area contributed by atoms with Crippen molar-refractivity contribution in [1.82, 2.24) is 0 Å². The predicted octanol–water partition coefficient (Wildman–Crippen LogP) is 4.57. The van der Waals surface area contributed by atoms with Gasteiger partial charge in [-0.25, -0.2) is 8.42 Å². The Morgan fingerprint density at radius 2 is 1.70 bits per heavy atom. The number of aliphatic hydroxyl groups excluding tert-OH is 1. The van der Waals surface area contributed by atoms with Crippen molar-refractivity contribution >= 4 is 9.84 Å². The largest absolute Gasteiger partial charge is 0.493 e. The lowest BCUT2D eigenvalue weighted by Crippen LogP contribution is -2.42. The maximum Gasteiger partial charge on any atom is 0.179 e. The number of hydrogen-bond acceptors (Lipinski definition) is 5. The Hall–Kier alpha value is -2.05. The zero-order valence-electron chi connectivity index (χ0n) is 18.2. The van der Waals surface area contributed by atoms with E-state index >= 15 is 0 Å². The number of sulfone groups is 1. The van der Waals surface area contributed by atoms with Crippen LogP contribution < -0.4 is 9.47 Å². The van der Waals surface area contributed by atoms with Gasteiger partial charge < -0.3 is 14.6 Å². The number of ether oxygens (including phenoxy) is 2. The van der Waals surface area contributed by atoms with E-state index in [0.717, 1.165) is 18.4 Å². The lowest BCUT2D eigenvalue weighted by Gasteiger charge is -2.39. The van der Waals surface area contributed by atoms with Gasteiger partial charge >= 0.3 is 0 Å². The molecule has 0 saturated heterocycles. The Kier molecular flexibility index (Phi) is 6.78. The molecule has 1 heterocycles. The average Bonchev–Trinajstić information content (AvgIpc) is 2.83. The summed E-state index contributed by atoms with van der Waals surface area (Å²) >= 11 is 0. The molecule has 0 aliphatic carbocycles. The average molecular weight is 433 g/mol. The lowest BCUT2D eigenvalue weighted by atomic mass is 9.69. The molecule has 1 aliphatic rings. The van der Waals surface area contributed by atoms with Crippen molar-refractivity contribution in [3.05, 3.63) is 53.6 Å². The number of unbranched alkanes of at least 4 members (excludes halogenated alkanes) is 1. The molecule has 3 atom stereocenters. The molecular formula is C24H32O5S. The van der Waals surface area contributed by atoms with Crippen LogP contribution in [0.25, 0.3) is 0 Å². The summed E-state index contributed by atoms with van der Waals surface area (Å²) in [6.45, 7) is 4.06. The van der Waals surface area contributed by atoms with Crippen LogP contribution in [0.3, 0.4) is 0 Å². The molecule has 0 spiro atoms. The van der Waals surface area contributed by atoms with Crippen molar-refractivity contribution in [3.8, 4) is 11.5 Å². The molecule has 0 bridgehead atoms. The maximum absolute atomic E-state index is 13.6. The van der Waals surface area contributed by atoms with Gasteiger partial charge in [-0.15, -0.1) is 0 Å². The van der Waals surface area contributed by atoms with Crippen molar-refractivity contribution in [2.24, 2.45) is 5.41 Å². The minimum absolute atomic E-state index is 0.0799. The highest BCUT2D eigenvalue weighted by Crippen LogP contribution is 2.50. The fourth-order valence-electron chi connectivity index (χ4n) is 4.71. The molecule has 0 saturated carbocycles. The molecule has 1 unspecified atom stereocenters. The van der Waals surface area contributed by atoms with E-state index in [-0.39, 0.29) is 10.6 Å². The monoisotopic (exact) mass is 432 g/mol. The van der Waals surface area contributed by atoms with Crippen LogP contribution >= 0.6 is 0 Å². The SMILES string of the molecule is CCCC[C@]1(CC)CS(=O)(=O)c2cc(OC)c(OC)cc2[C@@H](c2ccccc2)C1O. The number of fused-ring (bicyclic) bond motifs is 1. The maximum atomic E-state index is 13.6. The van der Waals surface area contributed by atoms with Crippen LogP contribution in [-0.4, -0.2) is 39.6 Å². The van der Waals surface area contributed by atoms with Crippen molar-refractivity contribution < 1.29 is 23.0 Å². The molecule has 6 heteroatoms. The molecular weight excluding hydrogens is 400 g/mol. The number of hydrogen-bond donors (Lipinski definition) is 1. The molecule has 3 rings (SSSR count). The van der Waals surface area contributed by atoms with Gasteiger partial charge in [0.2, 0.25) is 0 Å². The molecule has 1 aliphatic heterocycles. The van der Waals surface area contributed by atoms with E-state index in [4.69, 9.17) is 9.47 Å². The highest BCUT2D eigenvalue weighted by Gasteiger charge is 2.49. The molecule has 0 aromatic heterocycles. The summed E-state index contributed by atoms with van der Waals surface area (Å²) in [6, 6.07) is 12.9. The Morgan fingerprint density at radius 1 is 1.07 bits per heavy atom. The first kappa shape index (κ1) is 22.6. The Bertz CT molecular complexity index is 971. The van der Waals surface area contributed by atoms with E-state index < -0.39 is 27.3 Å². The first-order valence-corrected chi connectivity index (χ1v) is 12.2. The molecule has 0 amide bonds. The van der Waals surface area contributed by atoms with Crippen LogP contribution in [-0.2, 0) is 9.84 Å². The number of methoxy groups -OCH3 is 2. The second-order valence-corrected chi connectivity index (χ2v) is 10.1. The first-order valence-electron chi connectivity index (χ1n) is 10.5. The van der Waals surface area contributed by atoms with Gasteiger partial charge in [0.15, 0.2) is 21.3 Å². The number of benzene rings is 2. The van der Waals surface area contributed by atoms with Gasteiger partial charge in [-0.2, -0.15) is 0 Å². The third-order valence-electron chi connectivity index (χ3n) is 6.50. The summed E-state index contributed by atoms with van der Waals surface area (Å²) in [4.78, 5) is 0.222. The quantitative estimate of drug-likeness (QED) is 0.694. The van der Waals surface area contributed by atoms with Crippen LogP contribution in [0.5, 0.6) is 11.5 Å². The first-order chi connectivity index (χ1) is 14.3. The van der Waals surface area contributed by atoms with E-state index in [2.05, 4.69) is 6.92 Å². The molecule has 1 N–H and O–H groups in total. The van der Waals surface area contributed by atoms with E-state index in [0.29, 0.717) is 29.9 Å². The van der Waals surface area contributed by atoms with Crippen molar-refractivity contribution in [3.63, 3.8) is 0 Å². The summed E-state index contributed by atoms with van der Waals surface area (Å²) in [5.41, 5.74) is 0.734. The summed E-state index contributed by atoms with van der Waals surface area (Å²) in [6.07, 6.45) is 2.21. The zero-order valence-corrected chi connectivity index (χ0v) is 19.0. The number of aliphatic hydroxyl groups is 1. The fraction of sp³-hybridized carbons (Fsp3) is 0.500. The second kappa shape index (κ2) is 8.98. The molecule has 2 aromatic carbocycles. The molecule has 30 heavy (non-hydrogen) atoms. The third kappa shape index (κ3) is 3.95. The minimum atomic E-state index is -3.66. The molecule has 0 fully saturated rings. The lowest BCUT2D eigenvalue weighted by molar-refractivity contribution is 0.0173. The van der Waals surface area contributed by atoms with Crippen molar-refractivity contribution in [2.45, 2.75) is 56.4 Å². The van der Waals surface area contributed by atoms with Gasteiger partial charge in [0.25, 0.3) is 0 Å². The van der Waals surface area contributed by atoms with E-state index in [1.165, 1.54) is 14.2 Å². The second-order valence-electron chi connectivity index (χ2n) is 8.16. The van der Waals surface area contributed by atoms with Crippen molar-refractivity contribution in [1.29, 1.82) is 0 Å². The fourth-order valence-corrected chi connectivity index (χ4v) is 6.98. The highest BCUT2D eigenvalue weighted by molar-refractivity contribution is 7.91. The molecule has 2 aromatic rings. The van der Waals surface area contributed by atoms with Gasteiger partial charge in [0.1, 0.15) is 0 Å².